The SMILES string of the molecule is O=C(Nc1ccc(F)cc1)c1ccc(-c2ncccc2Cl)cc1. The summed E-state index contributed by atoms with van der Waals surface area (Å²) in [6, 6.07) is 16.1. The zero-order valence-electron chi connectivity index (χ0n) is 12.0. The third kappa shape index (κ3) is 3.55. The lowest BCUT2D eigenvalue weighted by Gasteiger charge is -2.07. The predicted octanol–water partition coefficient (Wildman–Crippen LogP) is 4.79. The molecule has 1 amide bonds. The minimum atomic E-state index is -0.348. The van der Waals surface area contributed by atoms with E-state index in [2.05, 4.69) is 10.3 Å². The molecule has 0 atom stereocenters. The van der Waals surface area contributed by atoms with Crippen molar-refractivity contribution >= 4 is 23.2 Å². The summed E-state index contributed by atoms with van der Waals surface area (Å²) in [6.07, 6.45) is 1.66. The van der Waals surface area contributed by atoms with E-state index in [0.29, 0.717) is 22.0 Å². The third-order valence-corrected chi connectivity index (χ3v) is 3.59. The molecule has 1 aromatic heterocycles. The van der Waals surface area contributed by atoms with Gasteiger partial charge in [0.1, 0.15) is 5.82 Å². The van der Waals surface area contributed by atoms with Crippen molar-refractivity contribution < 1.29 is 9.18 Å². The number of anilines is 1. The van der Waals surface area contributed by atoms with Crippen LogP contribution in [0.25, 0.3) is 11.3 Å². The Morgan fingerprint density at radius 3 is 2.35 bits per heavy atom. The molecule has 2 aromatic carbocycles. The molecule has 23 heavy (non-hydrogen) atoms. The van der Waals surface area contributed by atoms with E-state index >= 15 is 0 Å². The Morgan fingerprint density at radius 1 is 1.00 bits per heavy atom. The Labute approximate surface area is 137 Å². The van der Waals surface area contributed by atoms with Crippen molar-refractivity contribution in [2.24, 2.45) is 0 Å². The van der Waals surface area contributed by atoms with Crippen LogP contribution in [-0.2, 0) is 0 Å². The molecule has 0 bridgehead atoms. The maximum absolute atomic E-state index is 12.9. The summed E-state index contributed by atoms with van der Waals surface area (Å²) in [5.74, 6) is -0.616. The molecule has 0 radical (unpaired) electrons. The van der Waals surface area contributed by atoms with Crippen LogP contribution in [0.3, 0.4) is 0 Å². The largest absolute Gasteiger partial charge is 0.322 e. The molecule has 1 heterocycles. The number of benzene rings is 2. The summed E-state index contributed by atoms with van der Waals surface area (Å²) in [5, 5.41) is 3.26. The third-order valence-electron chi connectivity index (χ3n) is 3.28. The van der Waals surface area contributed by atoms with E-state index < -0.39 is 0 Å². The molecular formula is C18H12ClFN2O. The average molecular weight is 327 g/mol. The van der Waals surface area contributed by atoms with Gasteiger partial charge in [-0.2, -0.15) is 0 Å². The van der Waals surface area contributed by atoms with Crippen molar-refractivity contribution in [1.82, 2.24) is 4.98 Å². The number of halogens is 2. The van der Waals surface area contributed by atoms with Crippen molar-refractivity contribution in [2.75, 3.05) is 5.32 Å². The van der Waals surface area contributed by atoms with E-state index in [-0.39, 0.29) is 11.7 Å². The number of hydrogen-bond acceptors (Lipinski definition) is 2. The number of aromatic nitrogens is 1. The van der Waals surface area contributed by atoms with Crippen molar-refractivity contribution in [1.29, 1.82) is 0 Å². The second-order valence-corrected chi connectivity index (χ2v) is 5.28. The van der Waals surface area contributed by atoms with Crippen molar-refractivity contribution in [3.05, 3.63) is 83.3 Å². The lowest BCUT2D eigenvalue weighted by Crippen LogP contribution is -2.11. The fourth-order valence-electron chi connectivity index (χ4n) is 2.11. The molecule has 0 aliphatic carbocycles. The van der Waals surface area contributed by atoms with Crippen LogP contribution in [0.1, 0.15) is 10.4 Å². The first-order chi connectivity index (χ1) is 11.1. The van der Waals surface area contributed by atoms with Gasteiger partial charge in [0.25, 0.3) is 5.91 Å². The van der Waals surface area contributed by atoms with Crippen LogP contribution >= 0.6 is 11.6 Å². The Kier molecular flexibility index (Phi) is 4.35. The van der Waals surface area contributed by atoms with Crippen LogP contribution in [0.4, 0.5) is 10.1 Å². The van der Waals surface area contributed by atoms with Gasteiger partial charge in [-0.1, -0.05) is 23.7 Å². The standard InChI is InChI=1S/C18H12ClFN2O/c19-16-2-1-11-21-17(16)12-3-5-13(6-4-12)18(23)22-15-9-7-14(20)8-10-15/h1-11H,(H,22,23). The number of amides is 1. The zero-order chi connectivity index (χ0) is 16.2. The van der Waals surface area contributed by atoms with Crippen LogP contribution in [0, 0.1) is 5.82 Å². The fraction of sp³-hybridized carbons (Fsp3) is 0. The first-order valence-corrected chi connectivity index (χ1v) is 7.29. The molecule has 114 valence electrons. The maximum atomic E-state index is 12.9. The van der Waals surface area contributed by atoms with Crippen LogP contribution < -0.4 is 5.32 Å². The van der Waals surface area contributed by atoms with Crippen molar-refractivity contribution in [3.8, 4) is 11.3 Å². The molecule has 3 aromatic rings. The van der Waals surface area contributed by atoms with Crippen LogP contribution in [0.5, 0.6) is 0 Å². The highest BCUT2D eigenvalue weighted by Crippen LogP contribution is 2.25. The quantitative estimate of drug-likeness (QED) is 0.751. The summed E-state index contributed by atoms with van der Waals surface area (Å²) in [4.78, 5) is 16.4. The Bertz CT molecular complexity index is 832. The minimum Gasteiger partial charge on any atom is -0.322 e. The van der Waals surface area contributed by atoms with Crippen molar-refractivity contribution in [3.63, 3.8) is 0 Å². The summed E-state index contributed by atoms with van der Waals surface area (Å²) in [7, 11) is 0. The molecule has 3 nitrogen and oxygen atoms in total. The first kappa shape index (κ1) is 15.2. The summed E-state index contributed by atoms with van der Waals surface area (Å²) >= 11 is 6.11. The van der Waals surface area contributed by atoms with Gasteiger partial charge in [0.05, 0.1) is 10.7 Å². The second-order valence-electron chi connectivity index (χ2n) is 4.87. The molecule has 3 rings (SSSR count). The Hall–Kier alpha value is -2.72. The van der Waals surface area contributed by atoms with E-state index in [1.54, 1.807) is 42.6 Å². The highest BCUT2D eigenvalue weighted by Gasteiger charge is 2.08. The number of pyridine rings is 1. The molecule has 0 saturated heterocycles. The van der Waals surface area contributed by atoms with Gasteiger partial charge >= 0.3 is 0 Å². The Morgan fingerprint density at radius 2 is 1.70 bits per heavy atom. The van der Waals surface area contributed by atoms with Gasteiger partial charge < -0.3 is 5.32 Å². The van der Waals surface area contributed by atoms with Gasteiger partial charge in [-0.05, 0) is 48.5 Å². The lowest BCUT2D eigenvalue weighted by atomic mass is 10.1. The van der Waals surface area contributed by atoms with E-state index in [1.807, 2.05) is 0 Å². The van der Waals surface area contributed by atoms with Gasteiger partial charge in [-0.3, -0.25) is 9.78 Å². The molecule has 0 fully saturated rings. The number of nitrogens with zero attached hydrogens (tertiary/aromatic N) is 1. The smallest absolute Gasteiger partial charge is 0.255 e. The molecule has 5 heteroatoms. The van der Waals surface area contributed by atoms with Gasteiger partial charge in [-0.15, -0.1) is 0 Å². The van der Waals surface area contributed by atoms with Crippen LogP contribution in [0.15, 0.2) is 66.9 Å². The number of rotatable bonds is 3. The average Bonchev–Trinajstić information content (AvgIpc) is 2.57. The van der Waals surface area contributed by atoms with Gasteiger partial charge in [0.15, 0.2) is 0 Å². The molecule has 1 N–H and O–H groups in total. The predicted molar refractivity (Wildman–Crippen MR) is 89.0 cm³/mol. The number of carbonyl (C=O) groups excluding carboxylic acids is 1. The molecule has 0 aliphatic heterocycles. The highest BCUT2D eigenvalue weighted by atomic mass is 35.5. The monoisotopic (exact) mass is 326 g/mol. The van der Waals surface area contributed by atoms with Gasteiger partial charge in [0, 0.05) is 23.0 Å². The zero-order valence-corrected chi connectivity index (χ0v) is 12.7. The van der Waals surface area contributed by atoms with E-state index in [4.69, 9.17) is 11.6 Å². The molecule has 0 spiro atoms. The first-order valence-electron chi connectivity index (χ1n) is 6.91. The summed E-state index contributed by atoms with van der Waals surface area (Å²) in [6.45, 7) is 0. The van der Waals surface area contributed by atoms with Crippen LogP contribution in [0.2, 0.25) is 5.02 Å². The molecular weight excluding hydrogens is 315 g/mol. The summed E-state index contributed by atoms with van der Waals surface area (Å²) < 4.78 is 12.9. The number of nitrogens with one attached hydrogen (secondary N) is 1. The van der Waals surface area contributed by atoms with Gasteiger partial charge in [0.2, 0.25) is 0 Å². The van der Waals surface area contributed by atoms with Crippen molar-refractivity contribution in [2.45, 2.75) is 0 Å². The van der Waals surface area contributed by atoms with E-state index in [1.165, 1.54) is 24.3 Å². The van der Waals surface area contributed by atoms with Gasteiger partial charge in [-0.25, -0.2) is 4.39 Å². The molecule has 0 unspecified atom stereocenters. The number of carbonyl (C=O) groups is 1. The van der Waals surface area contributed by atoms with E-state index in [9.17, 15) is 9.18 Å². The molecule has 0 saturated carbocycles. The number of hydrogen-bond donors (Lipinski definition) is 1. The minimum absolute atomic E-state index is 0.268. The maximum Gasteiger partial charge on any atom is 0.255 e. The Balaban J connectivity index is 1.78. The highest BCUT2D eigenvalue weighted by molar-refractivity contribution is 6.33. The molecule has 0 aliphatic rings. The van der Waals surface area contributed by atoms with Crippen LogP contribution in [-0.4, -0.2) is 10.9 Å². The second kappa shape index (κ2) is 6.58. The van der Waals surface area contributed by atoms with E-state index in [0.717, 1.165) is 5.56 Å². The lowest BCUT2D eigenvalue weighted by molar-refractivity contribution is 0.102. The normalized spacial score (nSPS) is 10.3. The summed E-state index contributed by atoms with van der Waals surface area (Å²) in [5.41, 5.74) is 2.52. The topological polar surface area (TPSA) is 42.0 Å². The fourth-order valence-corrected chi connectivity index (χ4v) is 2.34.